The molecular weight excluding hydrogens is 390 g/mol. The maximum absolute atomic E-state index is 11.4. The zero-order chi connectivity index (χ0) is 22.4. The molecule has 6 heteroatoms. The third kappa shape index (κ3) is 6.03. The number of aryl methyl sites for hydroxylation is 2. The molecule has 2 N–H and O–H groups in total. The summed E-state index contributed by atoms with van der Waals surface area (Å²) in [6.07, 6.45) is 2.23. The molecule has 0 aliphatic heterocycles. The molecule has 2 atom stereocenters. The number of ether oxygens (including phenoxy) is 1. The number of aliphatic hydroxyl groups excluding tert-OH is 1. The van der Waals surface area contributed by atoms with Gasteiger partial charge in [-0.1, -0.05) is 30.3 Å². The maximum atomic E-state index is 11.4. The third-order valence-corrected chi connectivity index (χ3v) is 5.46. The summed E-state index contributed by atoms with van der Waals surface area (Å²) in [7, 11) is 1.40. The van der Waals surface area contributed by atoms with E-state index in [2.05, 4.69) is 47.8 Å². The standard InChI is InChI=1S/C25H31N3O3/c1-17(13-20-7-9-21(10-8-20)14-25(30)31-4)26-16-23(29)22-11-12-24(27-15-22)28-18(2)5-6-19(28)3/h5-12,15,17,23,26,29H,13-14,16H2,1-4H3/t17?,23-/m1/s1. The van der Waals surface area contributed by atoms with Gasteiger partial charge < -0.3 is 19.7 Å². The minimum Gasteiger partial charge on any atom is -0.469 e. The second kappa shape index (κ2) is 10.4. The molecule has 0 amide bonds. The van der Waals surface area contributed by atoms with E-state index in [-0.39, 0.29) is 18.4 Å². The molecule has 1 unspecified atom stereocenters. The molecule has 0 fully saturated rings. The Balaban J connectivity index is 1.51. The highest BCUT2D eigenvalue weighted by molar-refractivity contribution is 5.72. The van der Waals surface area contributed by atoms with Crippen LogP contribution in [0.3, 0.4) is 0 Å². The van der Waals surface area contributed by atoms with E-state index in [4.69, 9.17) is 4.74 Å². The fraction of sp³-hybridized carbons (Fsp3) is 0.360. The van der Waals surface area contributed by atoms with Crippen LogP contribution in [0.5, 0.6) is 0 Å². The van der Waals surface area contributed by atoms with Gasteiger partial charge in [0, 0.05) is 35.7 Å². The first kappa shape index (κ1) is 22.7. The number of methoxy groups -OCH3 is 1. The topological polar surface area (TPSA) is 76.4 Å². The summed E-state index contributed by atoms with van der Waals surface area (Å²) in [5.74, 6) is 0.617. The Labute approximate surface area is 183 Å². The zero-order valence-corrected chi connectivity index (χ0v) is 18.6. The summed E-state index contributed by atoms with van der Waals surface area (Å²) in [5, 5.41) is 13.9. The lowest BCUT2D eigenvalue weighted by molar-refractivity contribution is -0.139. The lowest BCUT2D eigenvalue weighted by atomic mass is 10.0. The van der Waals surface area contributed by atoms with Gasteiger partial charge in [0.25, 0.3) is 0 Å². The van der Waals surface area contributed by atoms with Crippen molar-refractivity contribution in [1.29, 1.82) is 0 Å². The lowest BCUT2D eigenvalue weighted by Crippen LogP contribution is -2.32. The van der Waals surface area contributed by atoms with Crippen LogP contribution in [0.1, 0.15) is 41.1 Å². The number of aromatic nitrogens is 2. The summed E-state index contributed by atoms with van der Waals surface area (Å²) in [6.45, 7) is 6.64. The van der Waals surface area contributed by atoms with Crippen LogP contribution in [-0.4, -0.2) is 40.3 Å². The number of hydrogen-bond donors (Lipinski definition) is 2. The lowest BCUT2D eigenvalue weighted by Gasteiger charge is -2.18. The number of pyridine rings is 1. The quantitative estimate of drug-likeness (QED) is 0.518. The highest BCUT2D eigenvalue weighted by atomic mass is 16.5. The van der Waals surface area contributed by atoms with Crippen molar-refractivity contribution >= 4 is 5.97 Å². The molecule has 0 radical (unpaired) electrons. The number of carbonyl (C=O) groups is 1. The van der Waals surface area contributed by atoms with E-state index >= 15 is 0 Å². The van der Waals surface area contributed by atoms with Gasteiger partial charge in [0.1, 0.15) is 5.82 Å². The van der Waals surface area contributed by atoms with E-state index in [9.17, 15) is 9.90 Å². The first-order chi connectivity index (χ1) is 14.9. The Bertz CT molecular complexity index is 974. The molecule has 2 heterocycles. The minimum absolute atomic E-state index is 0.193. The molecular formula is C25H31N3O3. The number of benzene rings is 1. The average molecular weight is 422 g/mol. The van der Waals surface area contributed by atoms with Crippen LogP contribution in [0, 0.1) is 13.8 Å². The van der Waals surface area contributed by atoms with Gasteiger partial charge in [-0.15, -0.1) is 0 Å². The van der Waals surface area contributed by atoms with E-state index in [0.717, 1.165) is 34.8 Å². The number of carbonyl (C=O) groups excluding carboxylic acids is 1. The molecule has 0 saturated heterocycles. The van der Waals surface area contributed by atoms with Crippen molar-refractivity contribution in [3.8, 4) is 5.82 Å². The molecule has 31 heavy (non-hydrogen) atoms. The van der Waals surface area contributed by atoms with Crippen LogP contribution < -0.4 is 5.32 Å². The molecule has 0 aliphatic rings. The van der Waals surface area contributed by atoms with Gasteiger partial charge in [0.2, 0.25) is 0 Å². The van der Waals surface area contributed by atoms with Gasteiger partial charge in [-0.05, 0) is 56.5 Å². The van der Waals surface area contributed by atoms with Crippen LogP contribution >= 0.6 is 0 Å². The predicted molar refractivity (Wildman–Crippen MR) is 121 cm³/mol. The van der Waals surface area contributed by atoms with E-state index in [0.29, 0.717) is 6.54 Å². The fourth-order valence-corrected chi connectivity index (χ4v) is 3.65. The molecule has 0 spiro atoms. The van der Waals surface area contributed by atoms with E-state index < -0.39 is 6.10 Å². The number of rotatable bonds is 9. The van der Waals surface area contributed by atoms with Gasteiger partial charge in [-0.3, -0.25) is 4.79 Å². The van der Waals surface area contributed by atoms with Crippen molar-refractivity contribution in [1.82, 2.24) is 14.9 Å². The second-order valence-corrected chi connectivity index (χ2v) is 8.00. The summed E-state index contributed by atoms with van der Waals surface area (Å²) in [4.78, 5) is 15.9. The largest absolute Gasteiger partial charge is 0.469 e. The van der Waals surface area contributed by atoms with Crippen molar-refractivity contribution in [2.45, 2.75) is 45.8 Å². The Morgan fingerprint density at radius 2 is 1.71 bits per heavy atom. The van der Waals surface area contributed by atoms with Gasteiger partial charge in [0.05, 0.1) is 19.6 Å². The number of nitrogens with one attached hydrogen (secondary N) is 1. The third-order valence-electron chi connectivity index (χ3n) is 5.46. The number of aliphatic hydroxyl groups is 1. The fourth-order valence-electron chi connectivity index (χ4n) is 3.65. The predicted octanol–water partition coefficient (Wildman–Crippen LogP) is 3.46. The summed E-state index contributed by atoms with van der Waals surface area (Å²) in [6, 6.07) is 16.2. The van der Waals surface area contributed by atoms with Gasteiger partial charge in [-0.2, -0.15) is 0 Å². The average Bonchev–Trinajstić information content (AvgIpc) is 3.11. The normalized spacial score (nSPS) is 13.1. The van der Waals surface area contributed by atoms with Gasteiger partial charge in [0.15, 0.2) is 0 Å². The molecule has 1 aromatic carbocycles. The molecule has 6 nitrogen and oxygen atoms in total. The van der Waals surface area contributed by atoms with E-state index in [1.807, 2.05) is 36.4 Å². The number of nitrogens with zero attached hydrogens (tertiary/aromatic N) is 2. The van der Waals surface area contributed by atoms with Crippen LogP contribution in [0.2, 0.25) is 0 Å². The SMILES string of the molecule is COC(=O)Cc1ccc(CC(C)NC[C@@H](O)c2ccc(-n3c(C)ccc3C)nc2)cc1. The van der Waals surface area contributed by atoms with Crippen LogP contribution in [0.15, 0.2) is 54.7 Å². The van der Waals surface area contributed by atoms with Crippen molar-refractivity contribution in [3.63, 3.8) is 0 Å². The summed E-state index contributed by atoms with van der Waals surface area (Å²) in [5.41, 5.74) is 5.16. The van der Waals surface area contributed by atoms with Crippen molar-refractivity contribution in [3.05, 3.63) is 82.8 Å². The van der Waals surface area contributed by atoms with Crippen molar-refractivity contribution in [2.24, 2.45) is 0 Å². The second-order valence-electron chi connectivity index (χ2n) is 8.00. The number of esters is 1. The van der Waals surface area contributed by atoms with Crippen molar-refractivity contribution in [2.75, 3.05) is 13.7 Å². The molecule has 2 aromatic heterocycles. The van der Waals surface area contributed by atoms with Crippen LogP contribution in [0.25, 0.3) is 5.82 Å². The summed E-state index contributed by atoms with van der Waals surface area (Å²) < 4.78 is 6.79. The van der Waals surface area contributed by atoms with Gasteiger partial charge >= 0.3 is 5.97 Å². The smallest absolute Gasteiger partial charge is 0.309 e. The molecule has 0 saturated carbocycles. The van der Waals surface area contributed by atoms with Gasteiger partial charge in [-0.25, -0.2) is 4.98 Å². The first-order valence-electron chi connectivity index (χ1n) is 10.5. The zero-order valence-electron chi connectivity index (χ0n) is 18.6. The number of hydrogen-bond acceptors (Lipinski definition) is 5. The van der Waals surface area contributed by atoms with Crippen molar-refractivity contribution < 1.29 is 14.6 Å². The molecule has 0 aliphatic carbocycles. The van der Waals surface area contributed by atoms with Crippen LogP contribution in [-0.2, 0) is 22.4 Å². The Hall–Kier alpha value is -2.96. The molecule has 0 bridgehead atoms. The highest BCUT2D eigenvalue weighted by Gasteiger charge is 2.12. The Morgan fingerprint density at radius 1 is 1.06 bits per heavy atom. The van der Waals surface area contributed by atoms with Crippen LogP contribution in [0.4, 0.5) is 0 Å². The Kier molecular flexibility index (Phi) is 7.60. The highest BCUT2D eigenvalue weighted by Crippen LogP contribution is 2.17. The first-order valence-corrected chi connectivity index (χ1v) is 10.5. The van der Waals surface area contributed by atoms with E-state index in [1.165, 1.54) is 12.7 Å². The molecule has 3 aromatic rings. The summed E-state index contributed by atoms with van der Waals surface area (Å²) >= 11 is 0. The van der Waals surface area contributed by atoms with E-state index in [1.54, 1.807) is 6.20 Å². The minimum atomic E-state index is -0.627. The Morgan fingerprint density at radius 3 is 2.29 bits per heavy atom. The molecule has 164 valence electrons. The maximum Gasteiger partial charge on any atom is 0.309 e. The molecule has 3 rings (SSSR count). The monoisotopic (exact) mass is 421 g/mol.